The maximum absolute atomic E-state index is 10.7. The smallest absolute Gasteiger partial charge is 0.296 e. The molecule has 0 bridgehead atoms. The highest BCUT2D eigenvalue weighted by molar-refractivity contribution is 7.85. The number of rotatable bonds is 2. The zero-order valence-corrected chi connectivity index (χ0v) is 7.56. The van der Waals surface area contributed by atoms with Crippen molar-refractivity contribution in [3.05, 3.63) is 29.8 Å². The number of hydrogen-bond acceptors (Lipinski definition) is 5. The van der Waals surface area contributed by atoms with E-state index in [1.54, 1.807) is 0 Å². The van der Waals surface area contributed by atoms with E-state index in [0.29, 0.717) is 0 Å². The second-order valence-electron chi connectivity index (χ2n) is 2.38. The van der Waals surface area contributed by atoms with Gasteiger partial charge in [-0.2, -0.15) is 13.7 Å². The summed E-state index contributed by atoms with van der Waals surface area (Å²) in [7, 11) is -4.27. The first-order valence-electron chi connectivity index (χ1n) is 3.38. The molecule has 0 saturated carbocycles. The van der Waals surface area contributed by atoms with Gasteiger partial charge in [-0.3, -0.25) is 9.44 Å². The van der Waals surface area contributed by atoms with Gasteiger partial charge < -0.3 is 0 Å². The zero-order valence-electron chi connectivity index (χ0n) is 6.75. The molecule has 0 aliphatic carbocycles. The van der Waals surface area contributed by atoms with Gasteiger partial charge in [-0.05, 0) is 24.3 Å². The Bertz CT molecular complexity index is 432. The summed E-state index contributed by atoms with van der Waals surface area (Å²) in [6.07, 6.45) is 0. The van der Waals surface area contributed by atoms with Crippen molar-refractivity contribution >= 4 is 16.1 Å². The van der Waals surface area contributed by atoms with Crippen LogP contribution in [0.25, 0.3) is 0 Å². The van der Waals surface area contributed by atoms with E-state index in [4.69, 9.17) is 9.81 Å². The molecule has 76 valence electrons. The first-order valence-corrected chi connectivity index (χ1v) is 4.82. The van der Waals surface area contributed by atoms with Gasteiger partial charge in [-0.25, -0.2) is 4.79 Å². The molecule has 0 fully saturated rings. The number of carbonyl (C=O) groups is 1. The summed E-state index contributed by atoms with van der Waals surface area (Å²) in [6, 6.07) is 4.23. The van der Waals surface area contributed by atoms with Crippen LogP contribution >= 0.6 is 0 Å². The Labute approximate surface area is 79.4 Å². The van der Waals surface area contributed by atoms with E-state index in [0.717, 1.165) is 24.3 Å². The highest BCUT2D eigenvalue weighted by Gasteiger charge is 2.11. The van der Waals surface area contributed by atoms with Crippen molar-refractivity contribution in [1.29, 1.82) is 0 Å². The Morgan fingerprint density at radius 1 is 1.21 bits per heavy atom. The molecule has 1 aromatic carbocycles. The minimum atomic E-state index is -4.27. The van der Waals surface area contributed by atoms with Crippen LogP contribution in [0.5, 0.6) is 0 Å². The van der Waals surface area contributed by atoms with Crippen LogP contribution in [0.15, 0.2) is 29.2 Å². The van der Waals surface area contributed by atoms with Crippen LogP contribution in [0.4, 0.5) is 0 Å². The van der Waals surface area contributed by atoms with Gasteiger partial charge in [0, 0.05) is 0 Å². The summed E-state index contributed by atoms with van der Waals surface area (Å²) in [5.74, 6) is -1.01. The van der Waals surface area contributed by atoms with Crippen molar-refractivity contribution in [1.82, 2.24) is 0 Å². The van der Waals surface area contributed by atoms with Crippen LogP contribution in [0.1, 0.15) is 10.4 Å². The first kappa shape index (κ1) is 10.6. The second-order valence-corrected chi connectivity index (χ2v) is 3.80. The van der Waals surface area contributed by atoms with E-state index in [1.807, 2.05) is 0 Å². The summed E-state index contributed by atoms with van der Waals surface area (Å²) in [5, 5.41) is 8.00. The lowest BCUT2D eigenvalue weighted by molar-refractivity contribution is -0.182. The van der Waals surface area contributed by atoms with Gasteiger partial charge in [0.05, 0.1) is 10.5 Å². The van der Waals surface area contributed by atoms with Crippen LogP contribution in [-0.4, -0.2) is 24.2 Å². The quantitative estimate of drug-likeness (QED) is 0.427. The fourth-order valence-corrected chi connectivity index (χ4v) is 1.30. The molecule has 0 unspecified atom stereocenters. The van der Waals surface area contributed by atoms with E-state index >= 15 is 0 Å². The molecule has 1 rings (SSSR count). The Balaban J connectivity index is 3.07. The molecule has 0 amide bonds. The molecular formula is C7H6O6S. The molecule has 0 aliphatic rings. The molecule has 2 N–H and O–H groups in total. The maximum Gasteiger partial charge on any atom is 0.372 e. The number of carbonyl (C=O) groups excluding carboxylic acids is 1. The van der Waals surface area contributed by atoms with Gasteiger partial charge in [0.1, 0.15) is 0 Å². The van der Waals surface area contributed by atoms with Crippen molar-refractivity contribution in [2.24, 2.45) is 0 Å². The summed E-state index contributed by atoms with van der Waals surface area (Å²) in [4.78, 5) is 13.8. The maximum atomic E-state index is 10.7. The molecule has 0 spiro atoms. The largest absolute Gasteiger partial charge is 0.372 e. The molecule has 1 aromatic rings. The third kappa shape index (κ3) is 2.28. The fraction of sp³-hybridized carbons (Fsp3) is 0. The van der Waals surface area contributed by atoms with Crippen molar-refractivity contribution in [2.75, 3.05) is 0 Å². The van der Waals surface area contributed by atoms with E-state index in [1.165, 1.54) is 0 Å². The summed E-state index contributed by atoms with van der Waals surface area (Å²) >= 11 is 0. The van der Waals surface area contributed by atoms with Crippen LogP contribution in [0.3, 0.4) is 0 Å². The highest BCUT2D eigenvalue weighted by atomic mass is 32.2. The molecule has 0 radical (unpaired) electrons. The normalized spacial score (nSPS) is 11.0. The SMILES string of the molecule is O=C(OO)c1ccc(S(=O)(=O)O)cc1. The number of hydrogen-bond donors (Lipinski definition) is 2. The molecule has 0 aliphatic heterocycles. The molecule has 0 atom stereocenters. The lowest BCUT2D eigenvalue weighted by Gasteiger charge is -1.98. The molecule has 0 saturated heterocycles. The average Bonchev–Trinajstić information content (AvgIpc) is 2.15. The van der Waals surface area contributed by atoms with E-state index in [2.05, 4.69) is 4.89 Å². The number of benzene rings is 1. The topological polar surface area (TPSA) is 101 Å². The Hall–Kier alpha value is -1.44. The molecule has 0 aromatic heterocycles. The summed E-state index contributed by atoms with van der Waals surface area (Å²) in [6.45, 7) is 0. The Kier molecular flexibility index (Phi) is 2.84. The van der Waals surface area contributed by atoms with Crippen LogP contribution in [0, 0.1) is 0 Å². The minimum Gasteiger partial charge on any atom is -0.296 e. The van der Waals surface area contributed by atoms with Crippen molar-refractivity contribution < 1.29 is 27.9 Å². The second kappa shape index (κ2) is 3.74. The van der Waals surface area contributed by atoms with Gasteiger partial charge in [0.25, 0.3) is 10.1 Å². The van der Waals surface area contributed by atoms with Gasteiger partial charge in [-0.1, -0.05) is 0 Å². The van der Waals surface area contributed by atoms with Gasteiger partial charge >= 0.3 is 5.97 Å². The lowest BCUT2D eigenvalue weighted by atomic mass is 10.2. The zero-order chi connectivity index (χ0) is 10.8. The standard InChI is InChI=1S/C7H6O6S/c8-7(13-9)5-1-3-6(4-2-5)14(10,11)12/h1-4,9H,(H,10,11,12). The van der Waals surface area contributed by atoms with Crippen LogP contribution in [-0.2, 0) is 15.0 Å². The van der Waals surface area contributed by atoms with Gasteiger partial charge in [-0.15, -0.1) is 0 Å². The molecular weight excluding hydrogens is 212 g/mol. The third-order valence-corrected chi connectivity index (χ3v) is 2.34. The van der Waals surface area contributed by atoms with E-state index in [-0.39, 0.29) is 10.5 Å². The molecule has 7 heteroatoms. The molecule has 0 heterocycles. The summed E-state index contributed by atoms with van der Waals surface area (Å²) in [5.41, 5.74) is -0.0279. The molecule has 6 nitrogen and oxygen atoms in total. The predicted octanol–water partition coefficient (Wildman–Crippen LogP) is 0.563. The fourth-order valence-electron chi connectivity index (χ4n) is 0.816. The summed E-state index contributed by atoms with van der Waals surface area (Å²) < 4.78 is 29.7. The van der Waals surface area contributed by atoms with E-state index in [9.17, 15) is 13.2 Å². The van der Waals surface area contributed by atoms with Crippen molar-refractivity contribution in [2.45, 2.75) is 4.90 Å². The van der Waals surface area contributed by atoms with Crippen LogP contribution in [0.2, 0.25) is 0 Å². The first-order chi connectivity index (χ1) is 6.45. The Morgan fingerprint density at radius 3 is 2.07 bits per heavy atom. The third-order valence-electron chi connectivity index (χ3n) is 1.47. The monoisotopic (exact) mass is 218 g/mol. The van der Waals surface area contributed by atoms with Gasteiger partial charge in [0.15, 0.2) is 0 Å². The van der Waals surface area contributed by atoms with Crippen molar-refractivity contribution in [3.8, 4) is 0 Å². The van der Waals surface area contributed by atoms with Gasteiger partial charge in [0.2, 0.25) is 0 Å². The van der Waals surface area contributed by atoms with Crippen LogP contribution < -0.4 is 0 Å². The Morgan fingerprint density at radius 2 is 1.71 bits per heavy atom. The molecule has 14 heavy (non-hydrogen) atoms. The lowest BCUT2D eigenvalue weighted by Crippen LogP contribution is -2.03. The van der Waals surface area contributed by atoms with Crippen molar-refractivity contribution in [3.63, 3.8) is 0 Å². The average molecular weight is 218 g/mol. The predicted molar refractivity (Wildman–Crippen MR) is 44.3 cm³/mol. The highest BCUT2D eigenvalue weighted by Crippen LogP contribution is 2.10. The minimum absolute atomic E-state index is 0.0279. The van der Waals surface area contributed by atoms with E-state index < -0.39 is 16.1 Å².